The molecule has 23 heavy (non-hydrogen) atoms. The molecule has 0 saturated carbocycles. The third-order valence-corrected chi connectivity index (χ3v) is 3.57. The molecule has 0 aliphatic carbocycles. The van der Waals surface area contributed by atoms with Crippen LogP contribution in [0.2, 0.25) is 0 Å². The number of carbonyl (C=O) groups is 1. The van der Waals surface area contributed by atoms with Gasteiger partial charge in [0.2, 0.25) is 5.43 Å². The normalized spacial score (nSPS) is 10.5. The number of ether oxygens (including phenoxy) is 1. The Morgan fingerprint density at radius 3 is 2.87 bits per heavy atom. The maximum absolute atomic E-state index is 12.6. The summed E-state index contributed by atoms with van der Waals surface area (Å²) in [5.74, 6) is 0.488. The van der Waals surface area contributed by atoms with E-state index in [0.717, 1.165) is 5.56 Å². The molecule has 0 saturated heterocycles. The molecule has 6 nitrogen and oxygen atoms in total. The number of nitrogens with one attached hydrogen (secondary N) is 2. The van der Waals surface area contributed by atoms with Gasteiger partial charge in [-0.2, -0.15) is 0 Å². The lowest BCUT2D eigenvalue weighted by Gasteiger charge is -2.08. The summed E-state index contributed by atoms with van der Waals surface area (Å²) < 4.78 is 5.13. The zero-order valence-corrected chi connectivity index (χ0v) is 12.7. The van der Waals surface area contributed by atoms with Crippen molar-refractivity contribution in [3.63, 3.8) is 0 Å². The molecule has 0 aliphatic heterocycles. The molecule has 0 atom stereocenters. The van der Waals surface area contributed by atoms with E-state index in [1.807, 2.05) is 13.0 Å². The molecule has 0 spiro atoms. The molecule has 2 heterocycles. The van der Waals surface area contributed by atoms with E-state index in [-0.39, 0.29) is 11.0 Å². The van der Waals surface area contributed by atoms with Gasteiger partial charge < -0.3 is 15.0 Å². The van der Waals surface area contributed by atoms with Crippen molar-refractivity contribution in [2.75, 3.05) is 12.4 Å². The Balaban J connectivity index is 2.02. The predicted octanol–water partition coefficient (Wildman–Crippen LogP) is 2.49. The standard InChI is InChI=1S/C17H15N3O3/c1-10-4-3-7-18-16(10)20-17(22)13-9-19-14-6-5-11(23-2)8-12(14)15(13)21/h3-9H,1-2H3,(H,19,21)(H,18,20,22). The Morgan fingerprint density at radius 2 is 2.13 bits per heavy atom. The summed E-state index contributed by atoms with van der Waals surface area (Å²) >= 11 is 0. The molecule has 3 aromatic rings. The summed E-state index contributed by atoms with van der Waals surface area (Å²) in [6, 6.07) is 8.70. The summed E-state index contributed by atoms with van der Waals surface area (Å²) in [5, 5.41) is 3.06. The number of fused-ring (bicyclic) bond motifs is 1. The number of H-pyrrole nitrogens is 1. The maximum atomic E-state index is 12.6. The van der Waals surface area contributed by atoms with Crippen LogP contribution in [0.3, 0.4) is 0 Å². The Hall–Kier alpha value is -3.15. The number of hydrogen-bond acceptors (Lipinski definition) is 4. The molecule has 0 unspecified atom stereocenters. The van der Waals surface area contributed by atoms with Gasteiger partial charge in [0.25, 0.3) is 5.91 Å². The highest BCUT2D eigenvalue weighted by Crippen LogP contribution is 2.17. The number of anilines is 1. The molecule has 2 N–H and O–H groups in total. The second kappa shape index (κ2) is 5.92. The minimum Gasteiger partial charge on any atom is -0.497 e. The van der Waals surface area contributed by atoms with Gasteiger partial charge in [-0.25, -0.2) is 4.98 Å². The van der Waals surface area contributed by atoms with Gasteiger partial charge in [-0.05, 0) is 36.8 Å². The van der Waals surface area contributed by atoms with Gasteiger partial charge in [-0.15, -0.1) is 0 Å². The number of hydrogen-bond donors (Lipinski definition) is 2. The van der Waals surface area contributed by atoms with Gasteiger partial charge >= 0.3 is 0 Å². The maximum Gasteiger partial charge on any atom is 0.262 e. The molecule has 6 heteroatoms. The zero-order chi connectivity index (χ0) is 16.4. The topological polar surface area (TPSA) is 84.1 Å². The predicted molar refractivity (Wildman–Crippen MR) is 88.0 cm³/mol. The zero-order valence-electron chi connectivity index (χ0n) is 12.7. The number of methoxy groups -OCH3 is 1. The lowest BCUT2D eigenvalue weighted by atomic mass is 10.1. The smallest absolute Gasteiger partial charge is 0.262 e. The van der Waals surface area contributed by atoms with Crippen LogP contribution in [-0.2, 0) is 0 Å². The van der Waals surface area contributed by atoms with Crippen LogP contribution in [0.5, 0.6) is 5.75 Å². The van der Waals surface area contributed by atoms with E-state index in [4.69, 9.17) is 4.74 Å². The van der Waals surface area contributed by atoms with E-state index in [2.05, 4.69) is 15.3 Å². The van der Waals surface area contributed by atoms with E-state index in [1.165, 1.54) is 13.3 Å². The number of pyridine rings is 2. The number of carbonyl (C=O) groups excluding carboxylic acids is 1. The van der Waals surface area contributed by atoms with E-state index in [9.17, 15) is 9.59 Å². The second-order valence-electron chi connectivity index (χ2n) is 5.07. The van der Waals surface area contributed by atoms with Crippen LogP contribution in [0, 0.1) is 6.92 Å². The van der Waals surface area contributed by atoms with Crippen molar-refractivity contribution in [1.29, 1.82) is 0 Å². The fourth-order valence-corrected chi connectivity index (χ4v) is 2.28. The number of aromatic amines is 1. The van der Waals surface area contributed by atoms with Gasteiger partial charge in [0, 0.05) is 23.3 Å². The van der Waals surface area contributed by atoms with Gasteiger partial charge in [-0.3, -0.25) is 9.59 Å². The monoisotopic (exact) mass is 309 g/mol. The second-order valence-corrected chi connectivity index (χ2v) is 5.07. The quantitative estimate of drug-likeness (QED) is 0.778. The first-order valence-corrected chi connectivity index (χ1v) is 7.02. The van der Waals surface area contributed by atoms with Crippen molar-refractivity contribution in [1.82, 2.24) is 9.97 Å². The fraction of sp³-hybridized carbons (Fsp3) is 0.118. The van der Waals surface area contributed by atoms with Crippen LogP contribution in [-0.4, -0.2) is 23.0 Å². The van der Waals surface area contributed by atoms with E-state index < -0.39 is 5.91 Å². The number of aromatic nitrogens is 2. The number of rotatable bonds is 3. The molecule has 116 valence electrons. The minimum atomic E-state index is -0.502. The molecular weight excluding hydrogens is 294 g/mol. The van der Waals surface area contributed by atoms with E-state index in [0.29, 0.717) is 22.5 Å². The van der Waals surface area contributed by atoms with Crippen LogP contribution >= 0.6 is 0 Å². The lowest BCUT2D eigenvalue weighted by molar-refractivity contribution is 0.102. The van der Waals surface area contributed by atoms with Gasteiger partial charge in [0.05, 0.1) is 7.11 Å². The van der Waals surface area contributed by atoms with Crippen molar-refractivity contribution >= 4 is 22.6 Å². The highest BCUT2D eigenvalue weighted by molar-refractivity contribution is 6.05. The van der Waals surface area contributed by atoms with Gasteiger partial charge in [-0.1, -0.05) is 6.07 Å². The summed E-state index contributed by atoms with van der Waals surface area (Å²) in [5.41, 5.74) is 1.13. The van der Waals surface area contributed by atoms with Crippen molar-refractivity contribution in [2.45, 2.75) is 6.92 Å². The largest absolute Gasteiger partial charge is 0.497 e. The molecule has 0 fully saturated rings. The van der Waals surface area contributed by atoms with E-state index >= 15 is 0 Å². The lowest BCUT2D eigenvalue weighted by Crippen LogP contribution is -2.22. The van der Waals surface area contributed by atoms with Crippen LogP contribution in [0.25, 0.3) is 10.9 Å². The minimum absolute atomic E-state index is 0.0239. The number of nitrogens with zero attached hydrogens (tertiary/aromatic N) is 1. The molecule has 2 aromatic heterocycles. The molecule has 3 rings (SSSR count). The SMILES string of the molecule is COc1ccc2[nH]cc(C(=O)Nc3ncccc3C)c(=O)c2c1. The Morgan fingerprint density at radius 1 is 1.30 bits per heavy atom. The number of aryl methyl sites for hydroxylation is 1. The molecule has 1 amide bonds. The molecule has 0 radical (unpaired) electrons. The first kappa shape index (κ1) is 14.8. The van der Waals surface area contributed by atoms with Gasteiger partial charge in [0.15, 0.2) is 0 Å². The highest BCUT2D eigenvalue weighted by Gasteiger charge is 2.15. The number of amides is 1. The average Bonchev–Trinajstić information content (AvgIpc) is 2.57. The average molecular weight is 309 g/mol. The van der Waals surface area contributed by atoms with Crippen molar-refractivity contribution in [3.8, 4) is 5.75 Å². The third-order valence-electron chi connectivity index (χ3n) is 3.57. The summed E-state index contributed by atoms with van der Waals surface area (Å²) in [7, 11) is 1.52. The van der Waals surface area contributed by atoms with E-state index in [1.54, 1.807) is 30.5 Å². The molecule has 0 bridgehead atoms. The van der Waals surface area contributed by atoms with Crippen LogP contribution in [0.4, 0.5) is 5.82 Å². The molecule has 1 aromatic carbocycles. The van der Waals surface area contributed by atoms with Crippen LogP contribution in [0.15, 0.2) is 47.5 Å². The Bertz CT molecular complexity index is 947. The first-order chi connectivity index (χ1) is 11.1. The molecular formula is C17H15N3O3. The van der Waals surface area contributed by atoms with Crippen LogP contribution in [0.1, 0.15) is 15.9 Å². The Kier molecular flexibility index (Phi) is 3.80. The Labute approximate surface area is 132 Å². The van der Waals surface area contributed by atoms with Crippen molar-refractivity contribution in [2.24, 2.45) is 0 Å². The third kappa shape index (κ3) is 2.78. The number of benzene rings is 1. The summed E-state index contributed by atoms with van der Waals surface area (Å²) in [4.78, 5) is 32.0. The first-order valence-electron chi connectivity index (χ1n) is 7.02. The highest BCUT2D eigenvalue weighted by atomic mass is 16.5. The summed E-state index contributed by atoms with van der Waals surface area (Å²) in [6.07, 6.45) is 2.99. The van der Waals surface area contributed by atoms with Crippen molar-refractivity contribution < 1.29 is 9.53 Å². The van der Waals surface area contributed by atoms with Crippen molar-refractivity contribution in [3.05, 3.63) is 64.1 Å². The van der Waals surface area contributed by atoms with Crippen LogP contribution < -0.4 is 15.5 Å². The fourth-order valence-electron chi connectivity index (χ4n) is 2.28. The van der Waals surface area contributed by atoms with Gasteiger partial charge in [0.1, 0.15) is 17.1 Å². The molecule has 0 aliphatic rings. The summed E-state index contributed by atoms with van der Waals surface area (Å²) in [6.45, 7) is 1.83.